The Labute approximate surface area is 118 Å². The van der Waals surface area contributed by atoms with E-state index >= 15 is 0 Å². The lowest BCUT2D eigenvalue weighted by atomic mass is 9.87. The summed E-state index contributed by atoms with van der Waals surface area (Å²) in [5, 5.41) is 15.4. The average molecular weight is 273 g/mol. The second-order valence-corrected chi connectivity index (χ2v) is 6.24. The molecule has 0 amide bonds. The Bertz CT molecular complexity index is 576. The highest BCUT2D eigenvalue weighted by atomic mass is 32.1. The van der Waals surface area contributed by atoms with Crippen molar-refractivity contribution in [1.82, 2.24) is 5.32 Å². The van der Waals surface area contributed by atoms with Gasteiger partial charge in [-0.25, -0.2) is 0 Å². The fraction of sp³-hybridized carbons (Fsp3) is 0.375. The third kappa shape index (κ3) is 2.67. The summed E-state index contributed by atoms with van der Waals surface area (Å²) < 4.78 is 0. The van der Waals surface area contributed by atoms with E-state index in [1.165, 1.54) is 34.4 Å². The number of hydrogen-bond donors (Lipinski definition) is 2. The molecule has 0 radical (unpaired) electrons. The Morgan fingerprint density at radius 1 is 1.37 bits per heavy atom. The van der Waals surface area contributed by atoms with Crippen molar-refractivity contribution < 1.29 is 5.11 Å². The van der Waals surface area contributed by atoms with Gasteiger partial charge in [0, 0.05) is 17.5 Å². The van der Waals surface area contributed by atoms with Crippen LogP contribution in [0.25, 0.3) is 0 Å². The van der Waals surface area contributed by atoms with E-state index < -0.39 is 0 Å². The first-order chi connectivity index (χ1) is 9.24. The third-order valence-electron chi connectivity index (χ3n) is 3.92. The first-order valence-electron chi connectivity index (χ1n) is 6.82. The molecule has 0 fully saturated rings. The number of nitrogens with one attached hydrogen (secondary N) is 1. The largest absolute Gasteiger partial charge is 0.508 e. The maximum absolute atomic E-state index is 9.57. The predicted octanol–water partition coefficient (Wildman–Crippen LogP) is 3.93. The second-order valence-electron chi connectivity index (χ2n) is 5.24. The SMILES string of the molecule is Cc1ccsc1CNC1CCCc2cc(O)ccc21. The molecule has 3 rings (SSSR count). The van der Waals surface area contributed by atoms with Gasteiger partial charge in [-0.2, -0.15) is 0 Å². The minimum Gasteiger partial charge on any atom is -0.508 e. The molecule has 1 aliphatic carbocycles. The van der Waals surface area contributed by atoms with Crippen molar-refractivity contribution in [1.29, 1.82) is 0 Å². The molecule has 0 spiro atoms. The topological polar surface area (TPSA) is 32.3 Å². The summed E-state index contributed by atoms with van der Waals surface area (Å²) in [5.74, 6) is 0.383. The number of benzene rings is 1. The zero-order chi connectivity index (χ0) is 13.2. The Morgan fingerprint density at radius 2 is 2.26 bits per heavy atom. The monoisotopic (exact) mass is 273 g/mol. The normalized spacial score (nSPS) is 18.3. The van der Waals surface area contributed by atoms with E-state index in [0.717, 1.165) is 13.0 Å². The van der Waals surface area contributed by atoms with E-state index in [4.69, 9.17) is 0 Å². The zero-order valence-electron chi connectivity index (χ0n) is 11.1. The summed E-state index contributed by atoms with van der Waals surface area (Å²) in [6, 6.07) is 8.39. The van der Waals surface area contributed by atoms with Crippen molar-refractivity contribution in [3.63, 3.8) is 0 Å². The van der Waals surface area contributed by atoms with Gasteiger partial charge < -0.3 is 10.4 Å². The summed E-state index contributed by atoms with van der Waals surface area (Å²) in [6.45, 7) is 3.11. The summed E-state index contributed by atoms with van der Waals surface area (Å²) >= 11 is 1.82. The molecule has 0 saturated carbocycles. The van der Waals surface area contributed by atoms with Crippen LogP contribution in [0.4, 0.5) is 0 Å². The third-order valence-corrected chi connectivity index (χ3v) is 4.94. The van der Waals surface area contributed by atoms with E-state index in [2.05, 4.69) is 29.8 Å². The second kappa shape index (κ2) is 5.35. The van der Waals surface area contributed by atoms with E-state index in [9.17, 15) is 5.11 Å². The molecule has 1 unspecified atom stereocenters. The lowest BCUT2D eigenvalue weighted by Gasteiger charge is -2.26. The molecule has 1 atom stereocenters. The van der Waals surface area contributed by atoms with Crippen molar-refractivity contribution in [2.45, 2.75) is 38.8 Å². The Hall–Kier alpha value is -1.32. The number of fused-ring (bicyclic) bond motifs is 1. The number of aryl methyl sites for hydroxylation is 2. The molecule has 2 aromatic rings. The number of hydrogen-bond acceptors (Lipinski definition) is 3. The van der Waals surface area contributed by atoms with E-state index in [-0.39, 0.29) is 0 Å². The predicted molar refractivity (Wildman–Crippen MR) is 79.7 cm³/mol. The van der Waals surface area contributed by atoms with Crippen LogP contribution < -0.4 is 5.32 Å². The molecule has 0 aliphatic heterocycles. The van der Waals surface area contributed by atoms with Crippen LogP contribution in [0.1, 0.15) is 40.5 Å². The van der Waals surface area contributed by atoms with Crippen LogP contribution >= 0.6 is 11.3 Å². The van der Waals surface area contributed by atoms with Gasteiger partial charge in [0.2, 0.25) is 0 Å². The molecule has 2 N–H and O–H groups in total. The molecule has 0 bridgehead atoms. The van der Waals surface area contributed by atoms with Gasteiger partial charge in [-0.3, -0.25) is 0 Å². The van der Waals surface area contributed by atoms with Crippen molar-refractivity contribution in [3.05, 3.63) is 51.2 Å². The molecule has 3 heteroatoms. The van der Waals surface area contributed by atoms with Gasteiger partial charge in [-0.05, 0) is 66.5 Å². The van der Waals surface area contributed by atoms with Crippen LogP contribution in [0, 0.1) is 6.92 Å². The molecule has 1 aromatic heterocycles. The minimum absolute atomic E-state index is 0.383. The van der Waals surface area contributed by atoms with Gasteiger partial charge >= 0.3 is 0 Å². The number of phenolic OH excluding ortho intramolecular Hbond substituents is 1. The van der Waals surface area contributed by atoms with Gasteiger partial charge in [0.05, 0.1) is 0 Å². The molecule has 0 saturated heterocycles. The maximum Gasteiger partial charge on any atom is 0.115 e. The van der Waals surface area contributed by atoms with Crippen LogP contribution in [0.5, 0.6) is 5.75 Å². The Morgan fingerprint density at radius 3 is 3.05 bits per heavy atom. The first-order valence-corrected chi connectivity index (χ1v) is 7.70. The number of aromatic hydroxyl groups is 1. The van der Waals surface area contributed by atoms with Crippen LogP contribution in [0.15, 0.2) is 29.6 Å². The summed E-state index contributed by atoms with van der Waals surface area (Å²) in [6.07, 6.45) is 3.46. The molecule has 100 valence electrons. The van der Waals surface area contributed by atoms with E-state index in [1.54, 1.807) is 6.07 Å². The number of phenols is 1. The van der Waals surface area contributed by atoms with Crippen LogP contribution in [-0.4, -0.2) is 5.11 Å². The van der Waals surface area contributed by atoms with Gasteiger partial charge in [-0.15, -0.1) is 11.3 Å². The Balaban J connectivity index is 1.75. The van der Waals surface area contributed by atoms with Crippen LogP contribution in [-0.2, 0) is 13.0 Å². The standard InChI is InChI=1S/C16H19NOS/c1-11-7-8-19-16(11)10-17-15-4-2-3-12-9-13(18)5-6-14(12)15/h5-9,15,17-18H,2-4,10H2,1H3. The van der Waals surface area contributed by atoms with Crippen molar-refractivity contribution in [2.75, 3.05) is 0 Å². The maximum atomic E-state index is 9.57. The molecule has 2 nitrogen and oxygen atoms in total. The highest BCUT2D eigenvalue weighted by Crippen LogP contribution is 2.32. The van der Waals surface area contributed by atoms with Crippen LogP contribution in [0.2, 0.25) is 0 Å². The highest BCUT2D eigenvalue weighted by molar-refractivity contribution is 7.10. The molecule has 1 aromatic carbocycles. The fourth-order valence-corrected chi connectivity index (χ4v) is 3.67. The summed E-state index contributed by atoms with van der Waals surface area (Å²) in [4.78, 5) is 1.42. The van der Waals surface area contributed by atoms with Gasteiger partial charge in [0.25, 0.3) is 0 Å². The molecular formula is C16H19NOS. The van der Waals surface area contributed by atoms with Crippen LogP contribution in [0.3, 0.4) is 0 Å². The summed E-state index contributed by atoms with van der Waals surface area (Å²) in [7, 11) is 0. The van der Waals surface area contributed by atoms with Crippen molar-refractivity contribution in [2.24, 2.45) is 0 Å². The molecule has 19 heavy (non-hydrogen) atoms. The fourth-order valence-electron chi connectivity index (χ4n) is 2.81. The molecule has 1 heterocycles. The lowest BCUT2D eigenvalue weighted by molar-refractivity contribution is 0.450. The lowest BCUT2D eigenvalue weighted by Crippen LogP contribution is -2.24. The van der Waals surface area contributed by atoms with Gasteiger partial charge in [-0.1, -0.05) is 6.07 Å². The first kappa shape index (κ1) is 12.7. The summed E-state index contributed by atoms with van der Waals surface area (Å²) in [5.41, 5.74) is 4.03. The number of thiophene rings is 1. The quantitative estimate of drug-likeness (QED) is 0.888. The Kier molecular flexibility index (Phi) is 3.58. The highest BCUT2D eigenvalue weighted by Gasteiger charge is 2.20. The zero-order valence-corrected chi connectivity index (χ0v) is 12.0. The van der Waals surface area contributed by atoms with Gasteiger partial charge in [0.15, 0.2) is 0 Å². The van der Waals surface area contributed by atoms with Gasteiger partial charge in [0.1, 0.15) is 5.75 Å². The molecule has 1 aliphatic rings. The molecular weight excluding hydrogens is 254 g/mol. The van der Waals surface area contributed by atoms with E-state index in [0.29, 0.717) is 11.8 Å². The minimum atomic E-state index is 0.383. The van der Waals surface area contributed by atoms with E-state index in [1.807, 2.05) is 17.4 Å². The van der Waals surface area contributed by atoms with Crippen molar-refractivity contribution in [3.8, 4) is 5.75 Å². The van der Waals surface area contributed by atoms with Crippen molar-refractivity contribution >= 4 is 11.3 Å². The average Bonchev–Trinajstić information content (AvgIpc) is 2.81. The smallest absolute Gasteiger partial charge is 0.115 e. The number of rotatable bonds is 3.